The Morgan fingerprint density at radius 3 is 2.68 bits per heavy atom. The maximum atomic E-state index is 15.8. The predicted octanol–water partition coefficient (Wildman–Crippen LogP) is 6.08. The second kappa shape index (κ2) is 11.7. The molecule has 8 heteroatoms. The van der Waals surface area contributed by atoms with Gasteiger partial charge in [0, 0.05) is 36.0 Å². The number of nitrogens with zero attached hydrogens (tertiary/aromatic N) is 2. The van der Waals surface area contributed by atoms with Gasteiger partial charge in [-0.2, -0.15) is 0 Å². The van der Waals surface area contributed by atoms with Gasteiger partial charge in [-0.25, -0.2) is 9.18 Å². The van der Waals surface area contributed by atoms with E-state index in [-0.39, 0.29) is 30.6 Å². The molecule has 0 radical (unpaired) electrons. The number of carbonyl (C=O) groups excluding carboxylic acids is 2. The van der Waals surface area contributed by atoms with E-state index in [0.717, 1.165) is 69.3 Å². The Balaban J connectivity index is 0.997. The first kappa shape index (κ1) is 31.1. The third-order valence-electron chi connectivity index (χ3n) is 12.3. The number of aliphatic hydroxyl groups excluding tert-OH is 1. The van der Waals surface area contributed by atoms with Crippen molar-refractivity contribution in [2.45, 2.75) is 108 Å². The third-order valence-corrected chi connectivity index (χ3v) is 12.3. The number of benzene rings is 2. The number of fused-ring (bicyclic) bond motifs is 2. The zero-order valence-corrected chi connectivity index (χ0v) is 27.8. The first-order chi connectivity index (χ1) is 22.7. The SMILES string of the molecule is CCOC(=O)C(C1=C2CCCN2CC(C)C1)N1Cc2c(F)cc(-c3ccc(C45CC(C[C@H]6CCC(O)CCN6)(C4)C5)cc3)cc2C1=O. The average Bonchev–Trinajstić information content (AvgIpc) is 3.55. The number of hydrogen-bond donors (Lipinski definition) is 2. The molecule has 47 heavy (non-hydrogen) atoms. The summed E-state index contributed by atoms with van der Waals surface area (Å²) in [6.07, 6.45) is 10.2. The second-order valence-electron chi connectivity index (χ2n) is 15.7. The number of amides is 1. The molecule has 2 saturated heterocycles. The highest BCUT2D eigenvalue weighted by atomic mass is 19.1. The molecule has 9 rings (SSSR count). The van der Waals surface area contributed by atoms with E-state index in [2.05, 4.69) is 41.4 Å². The quantitative estimate of drug-likeness (QED) is 0.340. The molecule has 2 bridgehead atoms. The summed E-state index contributed by atoms with van der Waals surface area (Å²) in [6.45, 7) is 7.10. The maximum Gasteiger partial charge on any atom is 0.333 e. The summed E-state index contributed by atoms with van der Waals surface area (Å²) in [4.78, 5) is 31.5. The summed E-state index contributed by atoms with van der Waals surface area (Å²) in [5.41, 5.74) is 6.46. The number of halogens is 1. The van der Waals surface area contributed by atoms with Gasteiger partial charge in [-0.3, -0.25) is 4.79 Å². The van der Waals surface area contributed by atoms with Crippen molar-refractivity contribution in [2.24, 2.45) is 11.3 Å². The van der Waals surface area contributed by atoms with E-state index in [4.69, 9.17) is 4.74 Å². The van der Waals surface area contributed by atoms with Gasteiger partial charge >= 0.3 is 5.97 Å². The number of carbonyl (C=O) groups is 2. The van der Waals surface area contributed by atoms with Crippen molar-refractivity contribution >= 4 is 11.9 Å². The highest BCUT2D eigenvalue weighted by Gasteiger charge is 2.67. The van der Waals surface area contributed by atoms with Crippen LogP contribution < -0.4 is 5.32 Å². The smallest absolute Gasteiger partial charge is 0.333 e. The van der Waals surface area contributed by atoms with Gasteiger partial charge in [0.25, 0.3) is 5.91 Å². The summed E-state index contributed by atoms with van der Waals surface area (Å²) in [5, 5.41) is 13.7. The van der Waals surface area contributed by atoms with Crippen molar-refractivity contribution in [2.75, 3.05) is 26.2 Å². The van der Waals surface area contributed by atoms with E-state index < -0.39 is 17.8 Å². The summed E-state index contributed by atoms with van der Waals surface area (Å²) < 4.78 is 21.3. The molecule has 4 aliphatic heterocycles. The number of hydrogen-bond acceptors (Lipinski definition) is 6. The van der Waals surface area contributed by atoms with Gasteiger partial charge in [0.1, 0.15) is 5.82 Å². The Labute approximate surface area is 277 Å². The molecular formula is C39H48FN3O4. The van der Waals surface area contributed by atoms with Crippen LogP contribution in [0, 0.1) is 17.2 Å². The molecule has 3 unspecified atom stereocenters. The number of esters is 1. The van der Waals surface area contributed by atoms with E-state index in [1.165, 1.54) is 36.9 Å². The Morgan fingerprint density at radius 1 is 1.13 bits per heavy atom. The maximum absolute atomic E-state index is 15.8. The number of nitrogens with one attached hydrogen (secondary N) is 1. The Morgan fingerprint density at radius 2 is 1.91 bits per heavy atom. The van der Waals surface area contributed by atoms with Gasteiger partial charge in [0.15, 0.2) is 6.04 Å². The molecule has 4 atom stereocenters. The summed E-state index contributed by atoms with van der Waals surface area (Å²) in [7, 11) is 0. The number of rotatable bonds is 8. The second-order valence-corrected chi connectivity index (χ2v) is 15.7. The fourth-order valence-corrected chi connectivity index (χ4v) is 10.3. The van der Waals surface area contributed by atoms with E-state index in [0.29, 0.717) is 34.1 Å². The highest BCUT2D eigenvalue weighted by Crippen LogP contribution is 2.75. The standard InChI is InChI=1S/C39H48FN3O4/c1-3-47-37(46)35(31-15-24(2)19-42-14-4-5-34(31)42)43-20-32-30(36(43)45)16-26(17-33(32)40)25-6-8-27(9-7-25)39-21-38(22-39,23-39)18-28-10-11-29(44)12-13-41-28/h6-9,16-17,24,28-29,35,41,44H,3-5,10-15,18-23H2,1-2H3/t24?,28-,29?,35?,38?,39?/m1/s1. The van der Waals surface area contributed by atoms with E-state index >= 15 is 4.39 Å². The van der Waals surface area contributed by atoms with Crippen LogP contribution in [-0.2, 0) is 21.5 Å². The molecule has 250 valence electrons. The van der Waals surface area contributed by atoms with E-state index in [9.17, 15) is 14.7 Å². The van der Waals surface area contributed by atoms with Crippen LogP contribution in [0.1, 0.15) is 99.5 Å². The van der Waals surface area contributed by atoms with Gasteiger partial charge in [-0.05, 0) is 129 Å². The summed E-state index contributed by atoms with van der Waals surface area (Å²) in [5.74, 6) is -0.770. The zero-order valence-electron chi connectivity index (χ0n) is 27.8. The molecule has 2 aromatic carbocycles. The minimum absolute atomic E-state index is 0.0646. The summed E-state index contributed by atoms with van der Waals surface area (Å²) in [6, 6.07) is 11.6. The number of allylic oxidation sites excluding steroid dienone is 1. The highest BCUT2D eigenvalue weighted by molar-refractivity contribution is 6.02. The Kier molecular flexibility index (Phi) is 7.75. The first-order valence-electron chi connectivity index (χ1n) is 18.0. The van der Waals surface area contributed by atoms with E-state index in [1.807, 2.05) is 6.07 Å². The van der Waals surface area contributed by atoms with Gasteiger partial charge in [0.2, 0.25) is 0 Å². The van der Waals surface area contributed by atoms with Crippen LogP contribution in [0.5, 0.6) is 0 Å². The van der Waals surface area contributed by atoms with Crippen molar-refractivity contribution < 1.29 is 23.8 Å². The molecular weight excluding hydrogens is 593 g/mol. The Hall–Kier alpha value is -3.23. The van der Waals surface area contributed by atoms with Crippen molar-refractivity contribution in [1.82, 2.24) is 15.1 Å². The lowest BCUT2D eigenvalue weighted by Gasteiger charge is -2.72. The van der Waals surface area contributed by atoms with Gasteiger partial charge in [-0.15, -0.1) is 0 Å². The molecule has 2 N–H and O–H groups in total. The third kappa shape index (κ3) is 5.30. The zero-order chi connectivity index (χ0) is 32.5. The van der Waals surface area contributed by atoms with E-state index in [1.54, 1.807) is 17.9 Å². The fraction of sp³-hybridized carbons (Fsp3) is 0.590. The van der Waals surface area contributed by atoms with Crippen molar-refractivity contribution in [3.05, 3.63) is 70.2 Å². The molecule has 3 saturated carbocycles. The van der Waals surface area contributed by atoms with Crippen LogP contribution in [0.3, 0.4) is 0 Å². The predicted molar refractivity (Wildman–Crippen MR) is 178 cm³/mol. The van der Waals surface area contributed by atoms with Crippen LogP contribution in [0.15, 0.2) is 47.7 Å². The minimum atomic E-state index is -0.836. The number of aliphatic hydroxyl groups is 1. The monoisotopic (exact) mass is 641 g/mol. The molecule has 4 heterocycles. The van der Waals surface area contributed by atoms with Crippen molar-refractivity contribution in [3.63, 3.8) is 0 Å². The van der Waals surface area contributed by atoms with Crippen LogP contribution in [0.25, 0.3) is 11.1 Å². The van der Waals surface area contributed by atoms with Crippen molar-refractivity contribution in [1.29, 1.82) is 0 Å². The number of ether oxygens (including phenoxy) is 1. The molecule has 1 amide bonds. The topological polar surface area (TPSA) is 82.1 Å². The van der Waals surface area contributed by atoms with Crippen LogP contribution in [-0.4, -0.2) is 71.2 Å². The fourth-order valence-electron chi connectivity index (χ4n) is 10.3. The molecule has 3 aliphatic carbocycles. The molecule has 0 aromatic heterocycles. The lowest BCUT2D eigenvalue weighted by molar-refractivity contribution is -0.151. The normalized spacial score (nSPS) is 31.9. The van der Waals surface area contributed by atoms with Gasteiger partial charge in [-0.1, -0.05) is 31.2 Å². The van der Waals surface area contributed by atoms with Crippen LogP contribution in [0.4, 0.5) is 4.39 Å². The lowest BCUT2D eigenvalue weighted by Crippen LogP contribution is -2.65. The molecule has 5 fully saturated rings. The molecule has 2 aromatic rings. The van der Waals surface area contributed by atoms with Gasteiger partial charge in [0.05, 0.1) is 19.3 Å². The Bertz CT molecular complexity index is 1600. The largest absolute Gasteiger partial charge is 0.464 e. The van der Waals surface area contributed by atoms with Crippen LogP contribution in [0.2, 0.25) is 0 Å². The molecule has 0 spiro atoms. The first-order valence-corrected chi connectivity index (χ1v) is 18.0. The molecule has 7 aliphatic rings. The lowest BCUT2D eigenvalue weighted by atomic mass is 9.32. The average molecular weight is 642 g/mol. The minimum Gasteiger partial charge on any atom is -0.464 e. The molecule has 7 nitrogen and oxygen atoms in total. The van der Waals surface area contributed by atoms with Gasteiger partial charge < -0.3 is 25.0 Å². The van der Waals surface area contributed by atoms with Crippen LogP contribution >= 0.6 is 0 Å². The van der Waals surface area contributed by atoms with Crippen molar-refractivity contribution in [3.8, 4) is 11.1 Å². The summed E-state index contributed by atoms with van der Waals surface area (Å²) >= 11 is 0.